The van der Waals surface area contributed by atoms with E-state index in [1.54, 1.807) is 18.3 Å². The third-order valence-corrected chi connectivity index (χ3v) is 2.85. The highest BCUT2D eigenvalue weighted by molar-refractivity contribution is 6.60. The molecule has 0 fully saturated rings. The molecule has 2 rings (SSSR count). The van der Waals surface area contributed by atoms with Gasteiger partial charge in [-0.25, -0.2) is 4.98 Å². The Morgan fingerprint density at radius 3 is 2.81 bits per heavy atom. The maximum Gasteiger partial charge on any atom is 0.491 e. The maximum absolute atomic E-state index is 9.95. The van der Waals surface area contributed by atoms with Crippen LogP contribution < -0.4 is 10.8 Å². The Morgan fingerprint density at radius 1 is 1.29 bits per heavy atom. The van der Waals surface area contributed by atoms with Gasteiger partial charge in [0.05, 0.1) is 6.61 Å². The summed E-state index contributed by atoms with van der Waals surface area (Å²) in [5.74, 6) is 0.606. The number of hydrogen-bond acceptors (Lipinski definition) is 5. The molecule has 0 bridgehead atoms. The molecule has 6 heteroatoms. The predicted molar refractivity (Wildman–Crippen MR) is 83.7 cm³/mol. The average Bonchev–Trinajstić information content (AvgIpc) is 2.47. The van der Waals surface area contributed by atoms with Crippen molar-refractivity contribution in [2.75, 3.05) is 5.32 Å². The highest BCUT2D eigenvalue weighted by atomic mass is 16.5. The van der Waals surface area contributed by atoms with Crippen molar-refractivity contribution < 1.29 is 14.8 Å². The van der Waals surface area contributed by atoms with E-state index in [2.05, 4.69) is 10.3 Å². The Hall–Kier alpha value is -1.89. The topological polar surface area (TPSA) is 74.6 Å². The number of pyridine rings is 1. The van der Waals surface area contributed by atoms with Gasteiger partial charge in [-0.05, 0) is 49.1 Å². The molecule has 21 heavy (non-hydrogen) atoms. The van der Waals surface area contributed by atoms with Gasteiger partial charge in [0, 0.05) is 18.0 Å². The highest BCUT2D eigenvalue weighted by Gasteiger charge is 2.18. The molecule has 0 aliphatic rings. The highest BCUT2D eigenvalue weighted by Crippen LogP contribution is 2.15. The molecular formula is C15H19BN2O3. The predicted octanol–water partition coefficient (Wildman–Crippen LogP) is 1.43. The van der Waals surface area contributed by atoms with Crippen molar-refractivity contribution in [3.63, 3.8) is 0 Å². The molecule has 0 radical (unpaired) electrons. The minimum absolute atomic E-state index is 0.00999. The molecule has 5 nitrogen and oxygen atoms in total. The molecule has 1 heterocycles. The fourth-order valence-electron chi connectivity index (χ4n) is 1.90. The number of aliphatic hydroxyl groups is 1. The van der Waals surface area contributed by atoms with Crippen LogP contribution in [0.15, 0.2) is 42.6 Å². The first-order valence-corrected chi connectivity index (χ1v) is 6.85. The normalized spacial score (nSPS) is 10.7. The van der Waals surface area contributed by atoms with Crippen LogP contribution in [0.3, 0.4) is 0 Å². The second-order valence-corrected chi connectivity index (χ2v) is 5.00. The summed E-state index contributed by atoms with van der Waals surface area (Å²) < 4.78 is 5.34. The van der Waals surface area contributed by atoms with Crippen LogP contribution in [0.2, 0.25) is 0 Å². The lowest BCUT2D eigenvalue weighted by molar-refractivity contribution is 0.207. The van der Waals surface area contributed by atoms with Crippen LogP contribution in [0.4, 0.5) is 11.5 Å². The summed E-state index contributed by atoms with van der Waals surface area (Å²) >= 11 is 0. The van der Waals surface area contributed by atoms with Gasteiger partial charge < -0.3 is 20.1 Å². The fourth-order valence-corrected chi connectivity index (χ4v) is 1.90. The van der Waals surface area contributed by atoms with Crippen molar-refractivity contribution in [3.05, 3.63) is 48.2 Å². The Balaban J connectivity index is 2.13. The average molecular weight is 286 g/mol. The third-order valence-electron chi connectivity index (χ3n) is 2.85. The van der Waals surface area contributed by atoms with Crippen molar-refractivity contribution in [1.29, 1.82) is 0 Å². The maximum atomic E-state index is 9.95. The Bertz CT molecular complexity index is 593. The van der Waals surface area contributed by atoms with Crippen molar-refractivity contribution in [3.8, 4) is 0 Å². The standard InChI is InChI=1S/C15H19BN2O3/c1-11(2)21-16(20)13-6-7-17-15(9-13)18-14-5-3-4-12(8-14)10-19/h3-9,11,19-20H,10H2,1-2H3,(H,17,18). The number of rotatable bonds is 6. The van der Waals surface area contributed by atoms with Crippen molar-refractivity contribution >= 4 is 24.1 Å². The van der Waals surface area contributed by atoms with Gasteiger partial charge in [-0.3, -0.25) is 0 Å². The minimum Gasteiger partial charge on any atom is -0.423 e. The molecule has 0 aliphatic heterocycles. The first kappa shape index (κ1) is 15.5. The number of anilines is 2. The van der Waals surface area contributed by atoms with Crippen molar-refractivity contribution in [2.24, 2.45) is 0 Å². The Labute approximate surface area is 124 Å². The molecule has 3 N–H and O–H groups in total. The van der Waals surface area contributed by atoms with E-state index < -0.39 is 7.12 Å². The van der Waals surface area contributed by atoms with Gasteiger partial charge in [0.15, 0.2) is 0 Å². The van der Waals surface area contributed by atoms with Crippen LogP contribution in [0.1, 0.15) is 19.4 Å². The van der Waals surface area contributed by atoms with Gasteiger partial charge in [0.25, 0.3) is 0 Å². The quantitative estimate of drug-likeness (QED) is 0.700. The summed E-state index contributed by atoms with van der Waals surface area (Å²) in [4.78, 5) is 4.21. The van der Waals surface area contributed by atoms with Crippen LogP contribution in [0.5, 0.6) is 0 Å². The van der Waals surface area contributed by atoms with E-state index in [0.29, 0.717) is 11.3 Å². The molecule has 0 saturated heterocycles. The number of aliphatic hydroxyl groups excluding tert-OH is 1. The molecule has 0 aliphatic carbocycles. The molecule has 110 valence electrons. The Morgan fingerprint density at radius 2 is 2.10 bits per heavy atom. The molecule has 0 atom stereocenters. The van der Waals surface area contributed by atoms with Gasteiger partial charge in [-0.2, -0.15) is 0 Å². The molecule has 2 aromatic rings. The monoisotopic (exact) mass is 286 g/mol. The van der Waals surface area contributed by atoms with Gasteiger partial charge >= 0.3 is 7.12 Å². The van der Waals surface area contributed by atoms with E-state index in [-0.39, 0.29) is 12.7 Å². The summed E-state index contributed by atoms with van der Waals surface area (Å²) in [6.45, 7) is 3.72. The van der Waals surface area contributed by atoms with Crippen molar-refractivity contribution in [2.45, 2.75) is 26.6 Å². The van der Waals surface area contributed by atoms with Gasteiger partial charge in [0.2, 0.25) is 0 Å². The summed E-state index contributed by atoms with van der Waals surface area (Å²) in [6, 6.07) is 10.9. The number of nitrogens with zero attached hydrogens (tertiary/aromatic N) is 1. The molecule has 1 aromatic carbocycles. The van der Waals surface area contributed by atoms with E-state index in [1.807, 2.05) is 38.1 Å². The molecule has 1 aromatic heterocycles. The number of benzene rings is 1. The largest absolute Gasteiger partial charge is 0.491 e. The molecule has 0 saturated carbocycles. The SMILES string of the molecule is CC(C)OB(O)c1ccnc(Nc2cccc(CO)c2)c1. The van der Waals surface area contributed by atoms with Crippen molar-refractivity contribution in [1.82, 2.24) is 4.98 Å². The van der Waals surface area contributed by atoms with Crippen LogP contribution >= 0.6 is 0 Å². The lowest BCUT2D eigenvalue weighted by atomic mass is 9.80. The minimum atomic E-state index is -0.975. The van der Waals surface area contributed by atoms with E-state index in [4.69, 9.17) is 9.76 Å². The van der Waals surface area contributed by atoms with Crippen LogP contribution in [-0.4, -0.2) is 28.3 Å². The van der Waals surface area contributed by atoms with E-state index >= 15 is 0 Å². The summed E-state index contributed by atoms with van der Waals surface area (Å²) in [6.07, 6.45) is 1.55. The third kappa shape index (κ3) is 4.56. The van der Waals surface area contributed by atoms with Crippen LogP contribution in [-0.2, 0) is 11.3 Å². The second-order valence-electron chi connectivity index (χ2n) is 5.00. The van der Waals surface area contributed by atoms with E-state index in [0.717, 1.165) is 11.3 Å². The van der Waals surface area contributed by atoms with Crippen LogP contribution in [0, 0.1) is 0 Å². The zero-order valence-corrected chi connectivity index (χ0v) is 12.2. The lowest BCUT2D eigenvalue weighted by Crippen LogP contribution is -2.36. The number of aromatic nitrogens is 1. The van der Waals surface area contributed by atoms with Gasteiger partial charge in [0.1, 0.15) is 5.82 Å². The lowest BCUT2D eigenvalue weighted by Gasteiger charge is -2.13. The molecule has 0 unspecified atom stereocenters. The summed E-state index contributed by atoms with van der Waals surface area (Å²) in [5.41, 5.74) is 2.28. The van der Waals surface area contributed by atoms with Gasteiger partial charge in [-0.1, -0.05) is 12.1 Å². The summed E-state index contributed by atoms with van der Waals surface area (Å²) in [7, 11) is -0.975. The van der Waals surface area contributed by atoms with Gasteiger partial charge in [-0.15, -0.1) is 0 Å². The molecular weight excluding hydrogens is 267 g/mol. The smallest absolute Gasteiger partial charge is 0.423 e. The summed E-state index contributed by atoms with van der Waals surface area (Å²) in [5, 5.41) is 22.2. The fraction of sp³-hybridized carbons (Fsp3) is 0.267. The number of hydrogen-bond donors (Lipinski definition) is 3. The zero-order valence-electron chi connectivity index (χ0n) is 12.2. The van der Waals surface area contributed by atoms with E-state index in [9.17, 15) is 5.02 Å². The Kier molecular flexibility index (Phi) is 5.33. The molecule has 0 amide bonds. The first-order valence-electron chi connectivity index (χ1n) is 6.85. The van der Waals surface area contributed by atoms with Crippen LogP contribution in [0.25, 0.3) is 0 Å². The molecule has 0 spiro atoms. The second kappa shape index (κ2) is 7.22. The zero-order chi connectivity index (χ0) is 15.2. The van der Waals surface area contributed by atoms with E-state index in [1.165, 1.54) is 0 Å². The number of nitrogens with one attached hydrogen (secondary N) is 1. The first-order chi connectivity index (χ1) is 10.1.